The molecule has 0 radical (unpaired) electrons. The molecule has 0 bridgehead atoms. The van der Waals surface area contributed by atoms with Crippen molar-refractivity contribution in [2.75, 3.05) is 0 Å². The van der Waals surface area contributed by atoms with E-state index in [1.165, 1.54) is 10.8 Å². The average Bonchev–Trinajstić information content (AvgIpc) is 4.04. The lowest BCUT2D eigenvalue weighted by Gasteiger charge is -2.22. The van der Waals surface area contributed by atoms with Crippen LogP contribution in [0, 0.1) is 22.7 Å². The third-order valence-corrected chi connectivity index (χ3v) is 13.5. The molecule has 310 valence electrons. The second-order valence-corrected chi connectivity index (χ2v) is 17.1. The highest BCUT2D eigenvalue weighted by molar-refractivity contribution is 6.27. The van der Waals surface area contributed by atoms with Gasteiger partial charge in [0.1, 0.15) is 0 Å². The summed E-state index contributed by atoms with van der Waals surface area (Å²) >= 11 is 0. The summed E-state index contributed by atoms with van der Waals surface area (Å²) < 4.78 is 7.28. The molecule has 3 aromatic heterocycles. The molecule has 0 atom stereocenters. The minimum Gasteiger partial charge on any atom is -0.309 e. The molecule has 0 amide bonds. The van der Waals surface area contributed by atoms with Crippen LogP contribution in [0.3, 0.4) is 0 Å². The van der Waals surface area contributed by atoms with Crippen molar-refractivity contribution in [1.82, 2.24) is 13.7 Å². The Hall–Kier alpha value is -9.42. The van der Waals surface area contributed by atoms with Crippen LogP contribution in [0.5, 0.6) is 0 Å². The van der Waals surface area contributed by atoms with E-state index in [-0.39, 0.29) is 0 Å². The van der Waals surface area contributed by atoms with Crippen molar-refractivity contribution in [2.24, 2.45) is 0 Å². The molecule has 5 nitrogen and oxygen atoms in total. The standard InChI is InChI=1S/C62H37N5/c63-38-42-21-16-22-43(39-64)59(42)44-35-51(40-17-4-1-5-18-40)61(52(36-44)41-19-6-2-7-20-41)67-57-33-31-46(66-54-28-13-10-25-47(54)48-26-11-14-29-55(48)66)37-53(57)49-32-34-58-60(62(49)67)50-27-12-15-30-56(50)65(58)45-23-8-3-9-24-45/h1-37H. The van der Waals surface area contributed by atoms with Crippen LogP contribution in [0.2, 0.25) is 0 Å². The quantitative estimate of drug-likeness (QED) is 0.167. The maximum absolute atomic E-state index is 10.5. The first kappa shape index (κ1) is 38.1. The highest BCUT2D eigenvalue weighted by atomic mass is 15.0. The van der Waals surface area contributed by atoms with Crippen LogP contribution in [0.1, 0.15) is 11.1 Å². The van der Waals surface area contributed by atoms with Crippen LogP contribution >= 0.6 is 0 Å². The van der Waals surface area contributed by atoms with Gasteiger partial charge in [0.05, 0.1) is 62.1 Å². The first-order valence-electron chi connectivity index (χ1n) is 22.5. The molecule has 0 spiro atoms. The zero-order valence-electron chi connectivity index (χ0n) is 36.1. The van der Waals surface area contributed by atoms with Gasteiger partial charge in [0.25, 0.3) is 0 Å². The molecular weight excluding hydrogens is 815 g/mol. The largest absolute Gasteiger partial charge is 0.309 e. The molecule has 0 fully saturated rings. The smallest absolute Gasteiger partial charge is 0.0998 e. The van der Waals surface area contributed by atoms with Gasteiger partial charge in [-0.1, -0.05) is 146 Å². The van der Waals surface area contributed by atoms with E-state index in [0.29, 0.717) is 16.7 Å². The van der Waals surface area contributed by atoms with Crippen molar-refractivity contribution in [3.05, 3.63) is 236 Å². The number of aromatic nitrogens is 3. The van der Waals surface area contributed by atoms with Crippen LogP contribution in [-0.2, 0) is 0 Å². The van der Waals surface area contributed by atoms with Crippen molar-refractivity contribution in [1.29, 1.82) is 10.5 Å². The fraction of sp³-hybridized carbons (Fsp3) is 0. The Morgan fingerprint density at radius 1 is 0.313 bits per heavy atom. The summed E-state index contributed by atoms with van der Waals surface area (Å²) in [6.45, 7) is 0. The average molecular weight is 852 g/mol. The van der Waals surface area contributed by atoms with Crippen molar-refractivity contribution >= 4 is 65.4 Å². The van der Waals surface area contributed by atoms with Crippen LogP contribution in [-0.4, -0.2) is 13.7 Å². The van der Waals surface area contributed by atoms with Gasteiger partial charge in [-0.3, -0.25) is 0 Å². The Balaban J connectivity index is 1.25. The Morgan fingerprint density at radius 3 is 1.37 bits per heavy atom. The summed E-state index contributed by atoms with van der Waals surface area (Å²) in [5, 5.41) is 28.0. The Bertz CT molecular complexity index is 4070. The highest BCUT2D eigenvalue weighted by Crippen LogP contribution is 2.48. The molecule has 0 saturated heterocycles. The van der Waals surface area contributed by atoms with Crippen LogP contribution in [0.25, 0.3) is 116 Å². The minimum absolute atomic E-state index is 0.453. The molecule has 0 aliphatic carbocycles. The van der Waals surface area contributed by atoms with Crippen molar-refractivity contribution in [2.45, 2.75) is 0 Å². The Labute approximate surface area is 386 Å². The number of nitriles is 2. The van der Waals surface area contributed by atoms with E-state index in [1.54, 1.807) is 18.2 Å². The molecule has 3 heterocycles. The van der Waals surface area contributed by atoms with E-state index in [0.717, 1.165) is 99.5 Å². The number of hydrogen-bond donors (Lipinski definition) is 0. The number of hydrogen-bond acceptors (Lipinski definition) is 2. The minimum atomic E-state index is 0.453. The van der Waals surface area contributed by atoms with Crippen LogP contribution < -0.4 is 0 Å². The summed E-state index contributed by atoms with van der Waals surface area (Å²) in [6, 6.07) is 83.8. The van der Waals surface area contributed by atoms with E-state index >= 15 is 0 Å². The summed E-state index contributed by atoms with van der Waals surface area (Å²) in [5.41, 5.74) is 16.2. The molecular formula is C62H37N5. The SMILES string of the molecule is N#Cc1cccc(C#N)c1-c1cc(-c2ccccc2)c(-n2c3ccc(-n4c5ccccc5c5ccccc54)cc3c3ccc4c(c5ccccc5n4-c4ccccc4)c32)c(-c2ccccc2)c1. The third-order valence-electron chi connectivity index (χ3n) is 13.5. The fourth-order valence-electron chi connectivity index (χ4n) is 10.7. The summed E-state index contributed by atoms with van der Waals surface area (Å²) in [6.07, 6.45) is 0. The first-order valence-corrected chi connectivity index (χ1v) is 22.5. The lowest BCUT2D eigenvalue weighted by Crippen LogP contribution is -2.03. The van der Waals surface area contributed by atoms with Gasteiger partial charge in [-0.15, -0.1) is 0 Å². The molecule has 0 saturated carbocycles. The van der Waals surface area contributed by atoms with Gasteiger partial charge in [0.2, 0.25) is 0 Å². The van der Waals surface area contributed by atoms with Gasteiger partial charge in [-0.2, -0.15) is 10.5 Å². The zero-order chi connectivity index (χ0) is 44.6. The lowest BCUT2D eigenvalue weighted by atomic mass is 9.87. The molecule has 67 heavy (non-hydrogen) atoms. The number of nitrogens with zero attached hydrogens (tertiary/aromatic N) is 5. The summed E-state index contributed by atoms with van der Waals surface area (Å²) in [5.74, 6) is 0. The Kier molecular flexibility index (Phi) is 8.58. The first-order chi connectivity index (χ1) is 33.2. The zero-order valence-corrected chi connectivity index (χ0v) is 36.1. The van der Waals surface area contributed by atoms with E-state index in [1.807, 2.05) is 12.1 Å². The molecule has 0 aliphatic rings. The van der Waals surface area contributed by atoms with Gasteiger partial charge in [0.15, 0.2) is 0 Å². The summed E-state index contributed by atoms with van der Waals surface area (Å²) in [4.78, 5) is 0. The molecule has 13 rings (SSSR count). The normalized spacial score (nSPS) is 11.6. The number of rotatable bonds is 6. The van der Waals surface area contributed by atoms with Crippen LogP contribution in [0.15, 0.2) is 224 Å². The van der Waals surface area contributed by atoms with E-state index in [4.69, 9.17) is 0 Å². The van der Waals surface area contributed by atoms with Gasteiger partial charge in [0, 0.05) is 60.4 Å². The van der Waals surface area contributed by atoms with E-state index in [2.05, 4.69) is 220 Å². The third kappa shape index (κ3) is 5.73. The lowest BCUT2D eigenvalue weighted by molar-refractivity contribution is 1.17. The number of benzene rings is 10. The predicted molar refractivity (Wildman–Crippen MR) is 275 cm³/mol. The number of fused-ring (bicyclic) bond motifs is 10. The monoisotopic (exact) mass is 851 g/mol. The van der Waals surface area contributed by atoms with Gasteiger partial charge in [-0.25, -0.2) is 0 Å². The second kappa shape index (κ2) is 15.1. The maximum Gasteiger partial charge on any atom is 0.0998 e. The topological polar surface area (TPSA) is 62.4 Å². The van der Waals surface area contributed by atoms with Crippen molar-refractivity contribution < 1.29 is 0 Å². The molecule has 0 aliphatic heterocycles. The van der Waals surface area contributed by atoms with Gasteiger partial charge < -0.3 is 13.7 Å². The van der Waals surface area contributed by atoms with E-state index in [9.17, 15) is 10.5 Å². The van der Waals surface area contributed by atoms with Crippen molar-refractivity contribution in [3.8, 4) is 62.6 Å². The predicted octanol–water partition coefficient (Wildman–Crippen LogP) is 15.7. The molecule has 0 unspecified atom stereocenters. The fourth-order valence-corrected chi connectivity index (χ4v) is 10.7. The highest BCUT2D eigenvalue weighted by Gasteiger charge is 2.27. The summed E-state index contributed by atoms with van der Waals surface area (Å²) in [7, 11) is 0. The Morgan fingerprint density at radius 2 is 0.791 bits per heavy atom. The molecule has 5 heteroatoms. The molecule has 10 aromatic carbocycles. The molecule has 13 aromatic rings. The second-order valence-electron chi connectivity index (χ2n) is 17.1. The maximum atomic E-state index is 10.5. The van der Waals surface area contributed by atoms with Gasteiger partial charge >= 0.3 is 0 Å². The molecule has 0 N–H and O–H groups in total. The van der Waals surface area contributed by atoms with Crippen LogP contribution in [0.4, 0.5) is 0 Å². The van der Waals surface area contributed by atoms with E-state index < -0.39 is 0 Å². The number of para-hydroxylation sites is 4. The van der Waals surface area contributed by atoms with Crippen molar-refractivity contribution in [3.63, 3.8) is 0 Å². The van der Waals surface area contributed by atoms with Gasteiger partial charge in [-0.05, 0) is 95.6 Å².